The maximum atomic E-state index is 14.3. The Balaban J connectivity index is 1.63. The third kappa shape index (κ3) is 7.08. The molecule has 4 rings (SSSR count). The number of aliphatic hydroxyl groups is 1. The van der Waals surface area contributed by atoms with Gasteiger partial charge < -0.3 is 35.6 Å². The lowest BCUT2D eigenvalue weighted by Gasteiger charge is -2.43. The van der Waals surface area contributed by atoms with Crippen LogP contribution in [0.25, 0.3) is 0 Å². The summed E-state index contributed by atoms with van der Waals surface area (Å²) in [7, 11) is 5.67. The van der Waals surface area contributed by atoms with Crippen molar-refractivity contribution in [1.82, 2.24) is 19.9 Å². The highest BCUT2D eigenvalue weighted by molar-refractivity contribution is 6.02. The van der Waals surface area contributed by atoms with Crippen LogP contribution in [0, 0.1) is 18.7 Å². The lowest BCUT2D eigenvalue weighted by molar-refractivity contribution is -0.111. The maximum absolute atomic E-state index is 14.3. The molecule has 1 aliphatic rings. The molecule has 0 atom stereocenters. The van der Waals surface area contributed by atoms with E-state index in [0.717, 1.165) is 25.3 Å². The fraction of sp³-hybridized carbons (Fsp3) is 0.379. The SMILES string of the molecule is C=CC(=O)Nc1cc(Nc2ncnc(Nc3cc(C)c(F)cc3C(C)(C)O)n2)c(OC)cc1N1CC(CN(C)C)C1. The van der Waals surface area contributed by atoms with Crippen molar-refractivity contribution in [3.63, 3.8) is 0 Å². The average molecular weight is 565 g/mol. The van der Waals surface area contributed by atoms with Crippen molar-refractivity contribution >= 4 is 40.6 Å². The number of aryl methyl sites for hydroxylation is 1. The minimum Gasteiger partial charge on any atom is -0.494 e. The molecule has 1 saturated heterocycles. The van der Waals surface area contributed by atoms with Gasteiger partial charge in [0.1, 0.15) is 17.9 Å². The molecule has 0 bridgehead atoms. The standard InChI is InChI=1S/C29H37FN8O3/c1-8-26(39)33-22-11-23(25(41-7)12-24(22)38-14-18(15-38)13-37(5)6)35-28-32-16-31-27(36-28)34-21-9-17(2)20(30)10-19(21)29(3,4)40/h8-12,16,18,40H,1,13-15H2,2-7H3,(H,33,39)(H2,31,32,34,35,36). The normalized spacial score (nSPS) is 13.5. The number of halogens is 1. The summed E-state index contributed by atoms with van der Waals surface area (Å²) >= 11 is 0. The third-order valence-corrected chi connectivity index (χ3v) is 6.70. The van der Waals surface area contributed by atoms with Gasteiger partial charge in [0.2, 0.25) is 17.8 Å². The van der Waals surface area contributed by atoms with Crippen molar-refractivity contribution in [3.05, 3.63) is 60.2 Å². The van der Waals surface area contributed by atoms with Crippen LogP contribution in [0.4, 0.5) is 39.0 Å². The highest BCUT2D eigenvalue weighted by Crippen LogP contribution is 2.40. The number of aromatic nitrogens is 3. The molecule has 41 heavy (non-hydrogen) atoms. The molecule has 12 heteroatoms. The second kappa shape index (κ2) is 12.1. The molecule has 218 valence electrons. The predicted molar refractivity (Wildman–Crippen MR) is 159 cm³/mol. The summed E-state index contributed by atoms with van der Waals surface area (Å²) in [4.78, 5) is 29.5. The van der Waals surface area contributed by atoms with Gasteiger partial charge in [-0.05, 0) is 64.7 Å². The summed E-state index contributed by atoms with van der Waals surface area (Å²) in [5, 5.41) is 19.7. The van der Waals surface area contributed by atoms with Gasteiger partial charge in [0.15, 0.2) is 0 Å². The molecule has 1 aromatic heterocycles. The number of nitrogens with zero attached hydrogens (tertiary/aromatic N) is 5. The van der Waals surface area contributed by atoms with E-state index in [1.54, 1.807) is 40.0 Å². The summed E-state index contributed by atoms with van der Waals surface area (Å²) in [6.45, 7) is 11.0. The minimum absolute atomic E-state index is 0.183. The predicted octanol–water partition coefficient (Wildman–Crippen LogP) is 4.16. The lowest BCUT2D eigenvalue weighted by atomic mass is 9.95. The number of anilines is 6. The van der Waals surface area contributed by atoms with Crippen molar-refractivity contribution in [2.45, 2.75) is 26.4 Å². The molecule has 1 amide bonds. The zero-order chi connectivity index (χ0) is 29.9. The number of hydrogen-bond donors (Lipinski definition) is 4. The number of benzene rings is 2. The molecule has 0 spiro atoms. The minimum atomic E-state index is -1.31. The number of amides is 1. The van der Waals surface area contributed by atoms with Gasteiger partial charge >= 0.3 is 0 Å². The monoisotopic (exact) mass is 564 g/mol. The number of rotatable bonds is 11. The topological polar surface area (TPSA) is 128 Å². The van der Waals surface area contributed by atoms with Crippen LogP contribution >= 0.6 is 0 Å². The first-order valence-electron chi connectivity index (χ1n) is 13.2. The average Bonchev–Trinajstić information content (AvgIpc) is 2.88. The fourth-order valence-electron chi connectivity index (χ4n) is 4.73. The van der Waals surface area contributed by atoms with Gasteiger partial charge in [-0.15, -0.1) is 0 Å². The van der Waals surface area contributed by atoms with E-state index in [1.165, 1.54) is 18.5 Å². The largest absolute Gasteiger partial charge is 0.494 e. The molecule has 2 heterocycles. The number of hydrogen-bond acceptors (Lipinski definition) is 10. The third-order valence-electron chi connectivity index (χ3n) is 6.70. The smallest absolute Gasteiger partial charge is 0.247 e. The van der Waals surface area contributed by atoms with Crippen LogP contribution in [0.15, 0.2) is 43.2 Å². The molecule has 1 fully saturated rings. The van der Waals surface area contributed by atoms with Crippen LogP contribution in [0.3, 0.4) is 0 Å². The number of carbonyl (C=O) groups excluding carboxylic acids is 1. The van der Waals surface area contributed by atoms with Crippen LogP contribution < -0.4 is 25.6 Å². The first-order chi connectivity index (χ1) is 19.4. The number of ether oxygens (including phenoxy) is 1. The van der Waals surface area contributed by atoms with Gasteiger partial charge in [-0.1, -0.05) is 6.58 Å². The molecule has 0 radical (unpaired) electrons. The molecular weight excluding hydrogens is 527 g/mol. The highest BCUT2D eigenvalue weighted by atomic mass is 19.1. The molecule has 11 nitrogen and oxygen atoms in total. The number of nitrogens with one attached hydrogen (secondary N) is 3. The first-order valence-corrected chi connectivity index (χ1v) is 13.2. The van der Waals surface area contributed by atoms with E-state index < -0.39 is 11.4 Å². The zero-order valence-corrected chi connectivity index (χ0v) is 24.2. The van der Waals surface area contributed by atoms with Gasteiger partial charge in [0, 0.05) is 42.9 Å². The molecular formula is C29H37FN8O3. The molecule has 0 aliphatic carbocycles. The second-order valence-electron chi connectivity index (χ2n) is 10.9. The van der Waals surface area contributed by atoms with Crippen LogP contribution in [0.1, 0.15) is 25.0 Å². The Morgan fingerprint density at radius 2 is 1.83 bits per heavy atom. The molecule has 1 aliphatic heterocycles. The van der Waals surface area contributed by atoms with Gasteiger partial charge in [-0.2, -0.15) is 4.98 Å². The van der Waals surface area contributed by atoms with Gasteiger partial charge in [0.25, 0.3) is 0 Å². The Hall–Kier alpha value is -4.29. The Bertz CT molecular complexity index is 1430. The van der Waals surface area contributed by atoms with E-state index in [1.807, 2.05) is 6.07 Å². The highest BCUT2D eigenvalue weighted by Gasteiger charge is 2.30. The van der Waals surface area contributed by atoms with E-state index in [0.29, 0.717) is 39.9 Å². The van der Waals surface area contributed by atoms with E-state index in [2.05, 4.69) is 61.4 Å². The fourth-order valence-corrected chi connectivity index (χ4v) is 4.73. The summed E-state index contributed by atoms with van der Waals surface area (Å²) < 4.78 is 20.0. The summed E-state index contributed by atoms with van der Waals surface area (Å²) in [5.74, 6) is 0.676. The Morgan fingerprint density at radius 1 is 1.17 bits per heavy atom. The van der Waals surface area contributed by atoms with Crippen molar-refractivity contribution in [2.75, 3.05) is 61.7 Å². The van der Waals surface area contributed by atoms with E-state index in [4.69, 9.17) is 4.74 Å². The van der Waals surface area contributed by atoms with E-state index in [-0.39, 0.29) is 17.8 Å². The second-order valence-corrected chi connectivity index (χ2v) is 10.9. The first kappa shape index (κ1) is 29.7. The van der Waals surface area contributed by atoms with Crippen molar-refractivity contribution in [1.29, 1.82) is 0 Å². The Morgan fingerprint density at radius 3 is 2.41 bits per heavy atom. The van der Waals surface area contributed by atoms with Gasteiger partial charge in [-0.25, -0.2) is 14.4 Å². The van der Waals surface area contributed by atoms with E-state index >= 15 is 0 Å². The molecule has 0 unspecified atom stereocenters. The molecule has 4 N–H and O–H groups in total. The van der Waals surface area contributed by atoms with Crippen molar-refractivity contribution in [2.24, 2.45) is 5.92 Å². The maximum Gasteiger partial charge on any atom is 0.247 e. The van der Waals surface area contributed by atoms with Crippen LogP contribution in [0.2, 0.25) is 0 Å². The lowest BCUT2D eigenvalue weighted by Crippen LogP contribution is -2.50. The zero-order valence-electron chi connectivity index (χ0n) is 24.2. The van der Waals surface area contributed by atoms with Crippen LogP contribution in [0.5, 0.6) is 5.75 Å². The summed E-state index contributed by atoms with van der Waals surface area (Å²) in [5.41, 5.74) is 1.86. The molecule has 3 aromatic rings. The van der Waals surface area contributed by atoms with Gasteiger partial charge in [0.05, 0.1) is 29.8 Å². The number of methoxy groups -OCH3 is 1. The van der Waals surface area contributed by atoms with E-state index in [9.17, 15) is 14.3 Å². The number of carbonyl (C=O) groups is 1. The quantitative estimate of drug-likeness (QED) is 0.252. The molecule has 2 aromatic carbocycles. The molecule has 0 saturated carbocycles. The Kier molecular flexibility index (Phi) is 8.74. The van der Waals surface area contributed by atoms with Gasteiger partial charge in [-0.3, -0.25) is 4.79 Å². The van der Waals surface area contributed by atoms with Crippen LogP contribution in [-0.2, 0) is 10.4 Å². The summed E-state index contributed by atoms with van der Waals surface area (Å²) in [6, 6.07) is 6.52. The summed E-state index contributed by atoms with van der Waals surface area (Å²) in [6.07, 6.45) is 2.54. The van der Waals surface area contributed by atoms with Crippen molar-refractivity contribution in [3.8, 4) is 5.75 Å². The Labute approximate surface area is 239 Å². The van der Waals surface area contributed by atoms with Crippen molar-refractivity contribution < 1.29 is 19.0 Å². The van der Waals surface area contributed by atoms with Crippen LogP contribution in [-0.4, -0.2) is 71.7 Å².